The number of hydrogen-bond donors (Lipinski definition) is 1. The molecule has 5 nitrogen and oxygen atoms in total. The van der Waals surface area contributed by atoms with Crippen molar-refractivity contribution in [3.05, 3.63) is 66.3 Å². The molecule has 0 spiro atoms. The fourth-order valence-corrected chi connectivity index (χ4v) is 2.57. The van der Waals surface area contributed by atoms with E-state index in [1.807, 2.05) is 36.4 Å². The van der Waals surface area contributed by atoms with Gasteiger partial charge < -0.3 is 14.6 Å². The molecular formula is C21H24O5. The van der Waals surface area contributed by atoms with Crippen LogP contribution in [-0.4, -0.2) is 35.4 Å². The Morgan fingerprint density at radius 1 is 1.38 bits per heavy atom. The fourth-order valence-electron chi connectivity index (χ4n) is 2.57. The molecule has 1 aliphatic heterocycles. The van der Waals surface area contributed by atoms with Crippen LogP contribution in [-0.2, 0) is 19.1 Å². The van der Waals surface area contributed by atoms with Crippen LogP contribution in [0.1, 0.15) is 31.7 Å². The average Bonchev–Trinajstić information content (AvgIpc) is 2.60. The molecule has 1 heterocycles. The normalized spacial score (nSPS) is 19.5. The van der Waals surface area contributed by atoms with Crippen LogP contribution in [0.15, 0.2) is 60.7 Å². The van der Waals surface area contributed by atoms with Crippen LogP contribution in [0, 0.1) is 0 Å². The van der Waals surface area contributed by atoms with Gasteiger partial charge in [0.25, 0.3) is 0 Å². The lowest BCUT2D eigenvalue weighted by atomic mass is 10.1. The summed E-state index contributed by atoms with van der Waals surface area (Å²) in [6.45, 7) is 1.35. The number of rotatable bonds is 8. The first-order valence-electron chi connectivity index (χ1n) is 8.65. The maximum absolute atomic E-state index is 11.3. The zero-order valence-electron chi connectivity index (χ0n) is 14.8. The van der Waals surface area contributed by atoms with Crippen molar-refractivity contribution in [3.63, 3.8) is 0 Å². The van der Waals surface area contributed by atoms with Crippen molar-refractivity contribution in [3.8, 4) is 0 Å². The summed E-state index contributed by atoms with van der Waals surface area (Å²) in [6.07, 6.45) is 10.2. The predicted octanol–water partition coefficient (Wildman–Crippen LogP) is 3.20. The summed E-state index contributed by atoms with van der Waals surface area (Å²) in [5.41, 5.74) is 0.992. The number of aliphatic hydroxyl groups excluding tert-OH is 1. The smallest absolute Gasteiger partial charge is 0.331 e. The number of hydrogen-bond acceptors (Lipinski definition) is 5. The van der Waals surface area contributed by atoms with Crippen molar-refractivity contribution >= 4 is 18.0 Å². The predicted molar refractivity (Wildman–Crippen MR) is 99.0 cm³/mol. The van der Waals surface area contributed by atoms with Gasteiger partial charge in [-0.15, -0.1) is 0 Å². The van der Waals surface area contributed by atoms with Gasteiger partial charge in [-0.1, -0.05) is 48.6 Å². The topological polar surface area (TPSA) is 72.8 Å². The first kappa shape index (κ1) is 19.7. The number of esters is 2. The number of carbonyl (C=O) groups excluding carboxylic acids is 2. The zero-order chi connectivity index (χ0) is 18.8. The summed E-state index contributed by atoms with van der Waals surface area (Å²) in [5, 5.41) is 10.2. The van der Waals surface area contributed by atoms with E-state index in [2.05, 4.69) is 0 Å². The van der Waals surface area contributed by atoms with Crippen molar-refractivity contribution in [1.82, 2.24) is 0 Å². The van der Waals surface area contributed by atoms with Gasteiger partial charge in [0.2, 0.25) is 0 Å². The van der Waals surface area contributed by atoms with Gasteiger partial charge in [0, 0.05) is 25.8 Å². The zero-order valence-corrected chi connectivity index (χ0v) is 14.8. The molecule has 0 aromatic heterocycles. The van der Waals surface area contributed by atoms with E-state index in [0.29, 0.717) is 12.8 Å². The molecule has 5 heteroatoms. The van der Waals surface area contributed by atoms with E-state index in [9.17, 15) is 14.7 Å². The van der Waals surface area contributed by atoms with Gasteiger partial charge >= 0.3 is 11.9 Å². The standard InChI is InChI=1S/C21H24O5/c1-16(22)25-20(14-13-17-7-3-2-4-8-17)15-18(23)9-5-10-19-11-6-12-21(24)26-19/h2-8,10,12-14,18-20,23H,9,11,15H2,1H3/b10-5+,14-13+/t18-,19-,20-/m0/s1. The Hall–Kier alpha value is -2.66. The van der Waals surface area contributed by atoms with Crippen LogP contribution < -0.4 is 0 Å². The van der Waals surface area contributed by atoms with Gasteiger partial charge in [-0.05, 0) is 24.1 Å². The molecule has 1 aromatic rings. The lowest BCUT2D eigenvalue weighted by Gasteiger charge is -2.17. The fraction of sp³-hybridized carbons (Fsp3) is 0.333. The van der Waals surface area contributed by atoms with Gasteiger partial charge in [0.05, 0.1) is 6.10 Å². The number of carbonyl (C=O) groups is 2. The van der Waals surface area contributed by atoms with E-state index in [1.165, 1.54) is 13.0 Å². The molecule has 138 valence electrons. The lowest BCUT2D eigenvalue weighted by molar-refractivity contribution is -0.145. The molecule has 2 rings (SSSR count). The van der Waals surface area contributed by atoms with Gasteiger partial charge in [0.1, 0.15) is 12.2 Å². The molecule has 1 N–H and O–H groups in total. The second-order valence-electron chi connectivity index (χ2n) is 6.08. The van der Waals surface area contributed by atoms with Crippen molar-refractivity contribution in [2.45, 2.75) is 44.5 Å². The third kappa shape index (κ3) is 7.49. The number of ether oxygens (including phenoxy) is 2. The Bertz CT molecular complexity index is 675. The summed E-state index contributed by atoms with van der Waals surface area (Å²) >= 11 is 0. The van der Waals surface area contributed by atoms with E-state index in [1.54, 1.807) is 24.3 Å². The SMILES string of the molecule is CC(=O)O[C@@H](/C=C/c1ccccc1)C[C@@H](O)C/C=C/[C@H]1CC=CC(=O)O1. The van der Waals surface area contributed by atoms with Gasteiger partial charge in [-0.25, -0.2) is 4.79 Å². The van der Waals surface area contributed by atoms with E-state index in [0.717, 1.165) is 5.56 Å². The van der Waals surface area contributed by atoms with Gasteiger partial charge in [0.15, 0.2) is 0 Å². The van der Waals surface area contributed by atoms with Crippen molar-refractivity contribution in [1.29, 1.82) is 0 Å². The van der Waals surface area contributed by atoms with Crippen molar-refractivity contribution < 1.29 is 24.2 Å². The highest BCUT2D eigenvalue weighted by atomic mass is 16.5. The Morgan fingerprint density at radius 3 is 2.85 bits per heavy atom. The van der Waals surface area contributed by atoms with Crippen molar-refractivity contribution in [2.75, 3.05) is 0 Å². The van der Waals surface area contributed by atoms with Crippen LogP contribution in [0.25, 0.3) is 6.08 Å². The van der Waals surface area contributed by atoms with Gasteiger partial charge in [-0.2, -0.15) is 0 Å². The minimum absolute atomic E-state index is 0.289. The van der Waals surface area contributed by atoms with Crippen molar-refractivity contribution in [2.24, 2.45) is 0 Å². The molecular weight excluding hydrogens is 332 g/mol. The molecule has 0 fully saturated rings. The lowest BCUT2D eigenvalue weighted by Crippen LogP contribution is -2.21. The molecule has 0 bridgehead atoms. The first-order chi connectivity index (χ1) is 12.5. The quantitative estimate of drug-likeness (QED) is 0.572. The first-order valence-corrected chi connectivity index (χ1v) is 8.65. The number of aliphatic hydroxyl groups is 1. The molecule has 0 amide bonds. The maximum atomic E-state index is 11.3. The van der Waals surface area contributed by atoms with E-state index in [4.69, 9.17) is 9.47 Å². The molecule has 1 aromatic carbocycles. The highest BCUT2D eigenvalue weighted by Crippen LogP contribution is 2.13. The second kappa shape index (κ2) is 10.4. The molecule has 26 heavy (non-hydrogen) atoms. The largest absolute Gasteiger partial charge is 0.458 e. The molecule has 0 saturated heterocycles. The van der Waals surface area contributed by atoms with Crippen LogP contribution in [0.3, 0.4) is 0 Å². The molecule has 0 saturated carbocycles. The number of cyclic esters (lactones) is 1. The average molecular weight is 356 g/mol. The third-order valence-electron chi connectivity index (χ3n) is 3.77. The molecule has 0 unspecified atom stereocenters. The van der Waals surface area contributed by atoms with Crippen LogP contribution in [0.4, 0.5) is 0 Å². The minimum Gasteiger partial charge on any atom is -0.458 e. The summed E-state index contributed by atoms with van der Waals surface area (Å²) in [4.78, 5) is 22.5. The summed E-state index contributed by atoms with van der Waals surface area (Å²) < 4.78 is 10.4. The summed E-state index contributed by atoms with van der Waals surface area (Å²) in [7, 11) is 0. The van der Waals surface area contributed by atoms with E-state index in [-0.39, 0.29) is 18.5 Å². The van der Waals surface area contributed by atoms with Gasteiger partial charge in [-0.3, -0.25) is 4.79 Å². The Morgan fingerprint density at radius 2 is 2.15 bits per heavy atom. The van der Waals surface area contributed by atoms with Crippen LogP contribution in [0.2, 0.25) is 0 Å². The second-order valence-corrected chi connectivity index (χ2v) is 6.08. The highest BCUT2D eigenvalue weighted by Gasteiger charge is 2.15. The molecule has 3 atom stereocenters. The van der Waals surface area contributed by atoms with E-state index < -0.39 is 18.2 Å². The monoisotopic (exact) mass is 356 g/mol. The minimum atomic E-state index is -0.675. The Balaban J connectivity index is 1.86. The Labute approximate surface area is 153 Å². The molecule has 0 aliphatic carbocycles. The number of benzene rings is 1. The Kier molecular flexibility index (Phi) is 7.83. The molecule has 0 radical (unpaired) electrons. The maximum Gasteiger partial charge on any atom is 0.331 e. The van der Waals surface area contributed by atoms with E-state index >= 15 is 0 Å². The highest BCUT2D eigenvalue weighted by molar-refractivity contribution is 5.82. The van der Waals surface area contributed by atoms with Crippen LogP contribution in [0.5, 0.6) is 0 Å². The summed E-state index contributed by atoms with van der Waals surface area (Å²) in [6, 6.07) is 9.66. The third-order valence-corrected chi connectivity index (χ3v) is 3.77. The molecule has 1 aliphatic rings. The van der Waals surface area contributed by atoms with Crippen LogP contribution >= 0.6 is 0 Å². The summed E-state index contributed by atoms with van der Waals surface area (Å²) in [5.74, 6) is -0.747.